The average molecular weight is 341 g/mol. The van der Waals surface area contributed by atoms with E-state index in [4.69, 9.17) is 4.74 Å². The second kappa shape index (κ2) is 8.30. The molecular formula is C20H27N3O2. The summed E-state index contributed by atoms with van der Waals surface area (Å²) in [6.07, 6.45) is 9.18. The molecule has 0 radical (unpaired) electrons. The number of fused-ring (bicyclic) bond motifs is 1. The highest BCUT2D eigenvalue weighted by molar-refractivity contribution is 5.75. The van der Waals surface area contributed by atoms with Crippen LogP contribution >= 0.6 is 0 Å². The van der Waals surface area contributed by atoms with Crippen LogP contribution in [0.25, 0.3) is 16.7 Å². The third-order valence-corrected chi connectivity index (χ3v) is 4.74. The van der Waals surface area contributed by atoms with E-state index < -0.39 is 0 Å². The smallest absolute Gasteiger partial charge is 0.141 e. The van der Waals surface area contributed by atoms with Crippen LogP contribution in [0.4, 0.5) is 0 Å². The molecule has 2 unspecified atom stereocenters. The van der Waals surface area contributed by atoms with Crippen molar-refractivity contribution in [3.63, 3.8) is 0 Å². The van der Waals surface area contributed by atoms with Crippen LogP contribution in [-0.2, 0) is 4.74 Å². The summed E-state index contributed by atoms with van der Waals surface area (Å²) >= 11 is 0. The van der Waals surface area contributed by atoms with Gasteiger partial charge in [-0.15, -0.1) is 15.0 Å². The summed E-state index contributed by atoms with van der Waals surface area (Å²) in [5.41, 5.74) is 2.25. The molecule has 134 valence electrons. The number of aliphatic hydroxyl groups is 1. The number of aromatic nitrogens is 3. The minimum absolute atomic E-state index is 0.0793. The zero-order valence-electron chi connectivity index (χ0n) is 15.1. The van der Waals surface area contributed by atoms with E-state index in [0.29, 0.717) is 11.6 Å². The summed E-state index contributed by atoms with van der Waals surface area (Å²) in [6.45, 7) is 5.18. The van der Waals surface area contributed by atoms with Crippen molar-refractivity contribution in [3.05, 3.63) is 42.2 Å². The number of hydrogen-bond acceptors (Lipinski definition) is 4. The quantitative estimate of drug-likeness (QED) is 0.755. The summed E-state index contributed by atoms with van der Waals surface area (Å²) in [4.78, 5) is 1.50. The maximum Gasteiger partial charge on any atom is 0.141 e. The summed E-state index contributed by atoms with van der Waals surface area (Å²) in [6, 6.07) is 7.68. The molecule has 0 saturated heterocycles. The predicted octanol–water partition coefficient (Wildman–Crippen LogP) is 4.72. The van der Waals surface area contributed by atoms with Gasteiger partial charge in [0.05, 0.1) is 12.7 Å². The molecule has 0 spiro atoms. The van der Waals surface area contributed by atoms with E-state index in [1.807, 2.05) is 30.3 Å². The predicted molar refractivity (Wildman–Crippen MR) is 100 cm³/mol. The lowest BCUT2D eigenvalue weighted by Crippen LogP contribution is -2.20. The summed E-state index contributed by atoms with van der Waals surface area (Å²) in [7, 11) is 0. The first kappa shape index (κ1) is 17.7. The first-order valence-corrected chi connectivity index (χ1v) is 9.26. The highest BCUT2D eigenvalue weighted by Crippen LogP contribution is 2.24. The Labute approximate surface area is 149 Å². The van der Waals surface area contributed by atoms with E-state index in [2.05, 4.69) is 24.0 Å². The van der Waals surface area contributed by atoms with E-state index in [-0.39, 0.29) is 11.9 Å². The summed E-state index contributed by atoms with van der Waals surface area (Å²) in [5, 5.41) is 19.3. The van der Waals surface area contributed by atoms with Crippen molar-refractivity contribution >= 4 is 16.7 Å². The van der Waals surface area contributed by atoms with E-state index in [1.54, 1.807) is 6.08 Å². The minimum atomic E-state index is -0.0793. The maximum atomic E-state index is 10.4. The van der Waals surface area contributed by atoms with Gasteiger partial charge < -0.3 is 9.84 Å². The topological polar surface area (TPSA) is 60.2 Å². The molecular weight excluding hydrogens is 314 g/mol. The van der Waals surface area contributed by atoms with Crippen molar-refractivity contribution in [2.45, 2.75) is 52.1 Å². The third kappa shape index (κ3) is 4.28. The Balaban J connectivity index is 1.62. The van der Waals surface area contributed by atoms with Crippen molar-refractivity contribution < 1.29 is 9.84 Å². The molecule has 25 heavy (non-hydrogen) atoms. The zero-order chi connectivity index (χ0) is 17.6. The molecule has 0 saturated carbocycles. The fourth-order valence-corrected chi connectivity index (χ4v) is 3.09. The highest BCUT2D eigenvalue weighted by Gasteiger charge is 2.20. The molecule has 3 rings (SSSR count). The van der Waals surface area contributed by atoms with Crippen LogP contribution in [0.3, 0.4) is 0 Å². The van der Waals surface area contributed by atoms with Crippen LogP contribution in [0.1, 0.15) is 46.0 Å². The van der Waals surface area contributed by atoms with Crippen molar-refractivity contribution in [2.75, 3.05) is 6.61 Å². The first-order valence-electron chi connectivity index (χ1n) is 9.26. The average Bonchev–Trinajstić information content (AvgIpc) is 3.05. The lowest BCUT2D eigenvalue weighted by atomic mass is 10.00. The van der Waals surface area contributed by atoms with Crippen LogP contribution in [0.2, 0.25) is 0 Å². The number of ether oxygens (including phenoxy) is 1. The molecule has 1 aliphatic carbocycles. The van der Waals surface area contributed by atoms with Crippen LogP contribution in [0.15, 0.2) is 42.2 Å². The Morgan fingerprint density at radius 1 is 1.24 bits per heavy atom. The molecule has 1 N–H and O–H groups in total. The van der Waals surface area contributed by atoms with Crippen molar-refractivity contribution in [2.24, 2.45) is 5.92 Å². The van der Waals surface area contributed by atoms with Gasteiger partial charge in [-0.25, -0.2) is 0 Å². The van der Waals surface area contributed by atoms with Crippen LogP contribution in [-0.4, -0.2) is 32.8 Å². The Kier molecular flexibility index (Phi) is 5.87. The van der Waals surface area contributed by atoms with Crippen LogP contribution in [0.5, 0.6) is 0 Å². The molecule has 1 heterocycles. The molecule has 0 bridgehead atoms. The van der Waals surface area contributed by atoms with Crippen molar-refractivity contribution in [1.82, 2.24) is 15.0 Å². The fourth-order valence-electron chi connectivity index (χ4n) is 3.09. The molecule has 0 aliphatic heterocycles. The Morgan fingerprint density at radius 3 is 2.56 bits per heavy atom. The van der Waals surface area contributed by atoms with Gasteiger partial charge in [0.1, 0.15) is 22.5 Å². The zero-order valence-corrected chi connectivity index (χ0v) is 15.1. The van der Waals surface area contributed by atoms with Gasteiger partial charge in [0, 0.05) is 0 Å². The molecule has 0 fully saturated rings. The Morgan fingerprint density at radius 2 is 1.96 bits per heavy atom. The molecule has 0 amide bonds. The summed E-state index contributed by atoms with van der Waals surface area (Å²) < 4.78 is 6.02. The first-order chi connectivity index (χ1) is 12.2. The number of allylic oxidation sites excluding steroid dienone is 1. The van der Waals surface area contributed by atoms with E-state index in [9.17, 15) is 5.11 Å². The Bertz CT molecular complexity index is 730. The molecule has 1 aromatic carbocycles. The molecule has 5 heteroatoms. The monoisotopic (exact) mass is 341 g/mol. The fraction of sp³-hybridized carbons (Fsp3) is 0.500. The Hall–Kier alpha value is -2.14. The van der Waals surface area contributed by atoms with Crippen molar-refractivity contribution in [1.29, 1.82) is 0 Å². The van der Waals surface area contributed by atoms with Gasteiger partial charge in [-0.05, 0) is 37.0 Å². The third-order valence-electron chi connectivity index (χ3n) is 4.74. The van der Waals surface area contributed by atoms with Gasteiger partial charge in [-0.1, -0.05) is 51.3 Å². The van der Waals surface area contributed by atoms with Gasteiger partial charge >= 0.3 is 0 Å². The highest BCUT2D eigenvalue weighted by atomic mass is 16.5. The van der Waals surface area contributed by atoms with Crippen LogP contribution < -0.4 is 0 Å². The molecule has 2 atom stereocenters. The largest absolute Gasteiger partial charge is 0.506 e. The SMILES string of the molecule is CCCCC(CC)COC1C=C(O)C(n2nc3ccccc3n2)=CC1. The lowest BCUT2D eigenvalue weighted by Gasteiger charge is -2.22. The van der Waals surface area contributed by atoms with Crippen LogP contribution in [0, 0.1) is 5.92 Å². The molecule has 5 nitrogen and oxygen atoms in total. The number of hydrogen-bond donors (Lipinski definition) is 1. The van der Waals surface area contributed by atoms with Crippen molar-refractivity contribution in [3.8, 4) is 0 Å². The van der Waals surface area contributed by atoms with Gasteiger partial charge in [-0.2, -0.15) is 0 Å². The van der Waals surface area contributed by atoms with E-state index in [1.165, 1.54) is 24.1 Å². The van der Waals surface area contributed by atoms with Gasteiger partial charge in [0.15, 0.2) is 0 Å². The number of benzene rings is 1. The number of aliphatic hydroxyl groups excluding tert-OH is 1. The van der Waals surface area contributed by atoms with E-state index in [0.717, 1.165) is 30.5 Å². The standard InChI is InChI=1S/C20H27N3O2/c1-3-5-8-15(4-2)14-25-16-11-12-19(20(24)13-16)23-21-17-9-6-7-10-18(17)22-23/h6-7,9-10,12-13,15-16,24H,3-5,8,11,14H2,1-2H3. The number of nitrogens with zero attached hydrogens (tertiary/aromatic N) is 3. The van der Waals surface area contributed by atoms with Gasteiger partial charge in [0.25, 0.3) is 0 Å². The molecule has 1 aromatic heterocycles. The van der Waals surface area contributed by atoms with Gasteiger partial charge in [-0.3, -0.25) is 0 Å². The number of rotatable bonds is 8. The summed E-state index contributed by atoms with van der Waals surface area (Å²) in [5.74, 6) is 0.775. The van der Waals surface area contributed by atoms with E-state index >= 15 is 0 Å². The molecule has 1 aliphatic rings. The second-order valence-corrected chi connectivity index (χ2v) is 6.64. The lowest BCUT2D eigenvalue weighted by molar-refractivity contribution is 0.0521. The second-order valence-electron chi connectivity index (χ2n) is 6.64. The number of unbranched alkanes of at least 4 members (excludes halogenated alkanes) is 1. The minimum Gasteiger partial charge on any atom is -0.506 e. The maximum absolute atomic E-state index is 10.4. The van der Waals surface area contributed by atoms with Gasteiger partial charge in [0.2, 0.25) is 0 Å². The normalized spacial score (nSPS) is 18.9. The molecule has 2 aromatic rings.